The van der Waals surface area contributed by atoms with Gasteiger partial charge in [0.15, 0.2) is 6.61 Å². The van der Waals surface area contributed by atoms with Crippen LogP contribution in [0.4, 0.5) is 5.69 Å². The maximum absolute atomic E-state index is 12.8. The summed E-state index contributed by atoms with van der Waals surface area (Å²) in [7, 11) is -2.47. The Morgan fingerprint density at radius 2 is 2.19 bits per heavy atom. The molecule has 0 unspecified atom stereocenters. The molecule has 0 aliphatic carbocycles. The second kappa shape index (κ2) is 7.24. The SMILES string of the molecule is C[C@H]1CCCN(C(=O)CN(C)S(=O)(=O)c2ccc3c(c2)NC(=O)CO3)C1. The minimum Gasteiger partial charge on any atom is -0.482 e. The molecular formula is C17H23N3O5S. The fourth-order valence-corrected chi connectivity index (χ4v) is 4.34. The van der Waals surface area contributed by atoms with Crippen molar-refractivity contribution < 1.29 is 22.7 Å². The number of benzene rings is 1. The molecule has 2 amide bonds. The molecule has 26 heavy (non-hydrogen) atoms. The highest BCUT2D eigenvalue weighted by atomic mass is 32.2. The summed E-state index contributed by atoms with van der Waals surface area (Å²) in [4.78, 5) is 25.6. The lowest BCUT2D eigenvalue weighted by molar-refractivity contribution is -0.132. The van der Waals surface area contributed by atoms with Gasteiger partial charge in [-0.2, -0.15) is 4.31 Å². The fraction of sp³-hybridized carbons (Fsp3) is 0.529. The zero-order valence-electron chi connectivity index (χ0n) is 14.9. The van der Waals surface area contributed by atoms with Crippen LogP contribution in [0.2, 0.25) is 0 Å². The smallest absolute Gasteiger partial charge is 0.262 e. The highest BCUT2D eigenvalue weighted by Gasteiger charge is 2.28. The van der Waals surface area contributed by atoms with Gasteiger partial charge < -0.3 is 15.0 Å². The monoisotopic (exact) mass is 381 g/mol. The van der Waals surface area contributed by atoms with E-state index in [2.05, 4.69) is 12.2 Å². The second-order valence-corrected chi connectivity index (χ2v) is 8.89. The van der Waals surface area contributed by atoms with E-state index < -0.39 is 10.0 Å². The van der Waals surface area contributed by atoms with Crippen LogP contribution in [0, 0.1) is 5.92 Å². The summed E-state index contributed by atoms with van der Waals surface area (Å²) in [5.74, 6) is 0.315. The number of piperidine rings is 1. The minimum absolute atomic E-state index is 0.00404. The van der Waals surface area contributed by atoms with Crippen LogP contribution < -0.4 is 10.1 Å². The molecular weight excluding hydrogens is 358 g/mol. The molecule has 0 radical (unpaired) electrons. The predicted molar refractivity (Wildman–Crippen MR) is 95.4 cm³/mol. The van der Waals surface area contributed by atoms with Gasteiger partial charge in [-0.1, -0.05) is 6.92 Å². The minimum atomic E-state index is -3.86. The van der Waals surface area contributed by atoms with Crippen LogP contribution in [-0.2, 0) is 19.6 Å². The molecule has 1 aromatic rings. The number of sulfonamides is 1. The van der Waals surface area contributed by atoms with Crippen LogP contribution in [-0.4, -0.2) is 62.7 Å². The first-order valence-electron chi connectivity index (χ1n) is 8.58. The molecule has 1 fully saturated rings. The van der Waals surface area contributed by atoms with Crippen LogP contribution in [0.25, 0.3) is 0 Å². The van der Waals surface area contributed by atoms with E-state index in [9.17, 15) is 18.0 Å². The van der Waals surface area contributed by atoms with Gasteiger partial charge in [0, 0.05) is 20.1 Å². The average Bonchev–Trinajstić information content (AvgIpc) is 2.60. The van der Waals surface area contributed by atoms with Gasteiger partial charge in [-0.3, -0.25) is 9.59 Å². The number of fused-ring (bicyclic) bond motifs is 1. The zero-order chi connectivity index (χ0) is 18.9. The van der Waals surface area contributed by atoms with E-state index in [1.807, 2.05) is 0 Å². The van der Waals surface area contributed by atoms with Crippen molar-refractivity contribution in [3.05, 3.63) is 18.2 Å². The van der Waals surface area contributed by atoms with E-state index in [1.165, 1.54) is 25.2 Å². The Labute approximate surface area is 153 Å². The maximum atomic E-state index is 12.8. The van der Waals surface area contributed by atoms with Crippen LogP contribution in [0.5, 0.6) is 5.75 Å². The number of rotatable bonds is 4. The first kappa shape index (κ1) is 18.7. The number of hydrogen-bond donors (Lipinski definition) is 1. The number of ether oxygens (including phenoxy) is 1. The maximum Gasteiger partial charge on any atom is 0.262 e. The van der Waals surface area contributed by atoms with E-state index in [0.717, 1.165) is 17.1 Å². The first-order valence-corrected chi connectivity index (χ1v) is 10.0. The molecule has 1 saturated heterocycles. The Morgan fingerprint density at radius 1 is 1.42 bits per heavy atom. The topological polar surface area (TPSA) is 96.0 Å². The molecule has 1 atom stereocenters. The van der Waals surface area contributed by atoms with Gasteiger partial charge in [0.1, 0.15) is 5.75 Å². The van der Waals surface area contributed by atoms with Gasteiger partial charge in [-0.05, 0) is 37.0 Å². The van der Waals surface area contributed by atoms with Crippen LogP contribution in [0.15, 0.2) is 23.1 Å². The van der Waals surface area contributed by atoms with Crippen molar-refractivity contribution in [2.24, 2.45) is 5.92 Å². The summed E-state index contributed by atoms with van der Waals surface area (Å²) < 4.78 is 31.8. The average molecular weight is 381 g/mol. The van der Waals surface area contributed by atoms with Crippen molar-refractivity contribution in [2.75, 3.05) is 38.6 Å². The normalized spacial score (nSPS) is 20.3. The van der Waals surface area contributed by atoms with Gasteiger partial charge in [-0.15, -0.1) is 0 Å². The summed E-state index contributed by atoms with van der Waals surface area (Å²) in [5.41, 5.74) is 0.312. The van der Waals surface area contributed by atoms with Gasteiger partial charge in [-0.25, -0.2) is 8.42 Å². The number of anilines is 1. The van der Waals surface area contributed by atoms with E-state index >= 15 is 0 Å². The molecule has 1 N–H and O–H groups in total. The zero-order valence-corrected chi connectivity index (χ0v) is 15.7. The Balaban J connectivity index is 1.74. The van der Waals surface area contributed by atoms with Gasteiger partial charge >= 0.3 is 0 Å². The molecule has 8 nitrogen and oxygen atoms in total. The predicted octanol–water partition coefficient (Wildman–Crippen LogP) is 0.897. The Hall–Kier alpha value is -2.13. The van der Waals surface area contributed by atoms with Crippen molar-refractivity contribution in [1.82, 2.24) is 9.21 Å². The van der Waals surface area contributed by atoms with E-state index in [4.69, 9.17) is 4.74 Å². The van der Waals surface area contributed by atoms with Gasteiger partial charge in [0.05, 0.1) is 17.1 Å². The Bertz CT molecular complexity index is 824. The number of hydrogen-bond acceptors (Lipinski definition) is 5. The van der Waals surface area contributed by atoms with Crippen molar-refractivity contribution in [3.8, 4) is 5.75 Å². The van der Waals surface area contributed by atoms with Gasteiger partial charge in [0.25, 0.3) is 5.91 Å². The number of amides is 2. The first-order chi connectivity index (χ1) is 12.3. The molecule has 3 rings (SSSR count). The Morgan fingerprint density at radius 3 is 2.92 bits per heavy atom. The molecule has 0 bridgehead atoms. The lowest BCUT2D eigenvalue weighted by Crippen LogP contribution is -2.45. The second-order valence-electron chi connectivity index (χ2n) is 6.84. The number of nitrogens with zero attached hydrogens (tertiary/aromatic N) is 2. The third-order valence-corrected chi connectivity index (χ3v) is 6.46. The molecule has 0 aromatic heterocycles. The standard InChI is InChI=1S/C17H23N3O5S/c1-12-4-3-7-20(9-12)17(22)10-19(2)26(23,24)13-5-6-15-14(8-13)18-16(21)11-25-15/h5-6,8,12H,3-4,7,9-11H2,1-2H3,(H,18,21)/t12-/m0/s1. The number of carbonyl (C=O) groups is 2. The summed E-state index contributed by atoms with van der Waals surface area (Å²) in [6.07, 6.45) is 2.02. The highest BCUT2D eigenvalue weighted by Crippen LogP contribution is 2.31. The molecule has 2 aliphatic rings. The van der Waals surface area contributed by atoms with Crippen molar-refractivity contribution in [1.29, 1.82) is 0 Å². The van der Waals surface area contributed by atoms with Gasteiger partial charge in [0.2, 0.25) is 15.9 Å². The van der Waals surface area contributed by atoms with E-state index in [0.29, 0.717) is 30.4 Å². The van der Waals surface area contributed by atoms with E-state index in [1.54, 1.807) is 4.90 Å². The number of likely N-dealkylation sites (tertiary alicyclic amines) is 1. The van der Waals surface area contributed by atoms with Crippen molar-refractivity contribution >= 4 is 27.5 Å². The van der Waals surface area contributed by atoms with E-state index in [-0.39, 0.29) is 29.9 Å². The van der Waals surface area contributed by atoms with Crippen LogP contribution in [0.1, 0.15) is 19.8 Å². The summed E-state index contributed by atoms with van der Waals surface area (Å²) in [6, 6.07) is 4.27. The fourth-order valence-electron chi connectivity index (χ4n) is 3.19. The quantitative estimate of drug-likeness (QED) is 0.836. The lowest BCUT2D eigenvalue weighted by Gasteiger charge is -2.32. The molecule has 1 aromatic carbocycles. The summed E-state index contributed by atoms with van der Waals surface area (Å²) in [5, 5.41) is 2.59. The molecule has 2 aliphatic heterocycles. The number of nitrogens with one attached hydrogen (secondary N) is 1. The number of carbonyl (C=O) groups excluding carboxylic acids is 2. The third-order valence-electron chi connectivity index (χ3n) is 4.66. The molecule has 142 valence electrons. The third kappa shape index (κ3) is 3.83. The molecule has 9 heteroatoms. The Kier molecular flexibility index (Phi) is 5.19. The highest BCUT2D eigenvalue weighted by molar-refractivity contribution is 7.89. The molecule has 2 heterocycles. The van der Waals surface area contributed by atoms with Crippen LogP contribution >= 0.6 is 0 Å². The number of likely N-dealkylation sites (N-methyl/N-ethyl adjacent to an activating group) is 1. The molecule has 0 spiro atoms. The lowest BCUT2D eigenvalue weighted by atomic mass is 10.0. The van der Waals surface area contributed by atoms with Crippen LogP contribution in [0.3, 0.4) is 0 Å². The largest absolute Gasteiger partial charge is 0.482 e. The van der Waals surface area contributed by atoms with Crippen molar-refractivity contribution in [2.45, 2.75) is 24.7 Å². The van der Waals surface area contributed by atoms with Crippen molar-refractivity contribution in [3.63, 3.8) is 0 Å². The summed E-state index contributed by atoms with van der Waals surface area (Å²) in [6.45, 7) is 3.11. The molecule has 0 saturated carbocycles. The summed E-state index contributed by atoms with van der Waals surface area (Å²) >= 11 is 0.